The van der Waals surface area contributed by atoms with Gasteiger partial charge in [0.1, 0.15) is 0 Å². The predicted molar refractivity (Wildman–Crippen MR) is 95.8 cm³/mol. The standard InChI is InChI=1S/C20H19NO3/c1-12-9-17(14-4-5-18-15(10-14)6-7-21-18)13(2)8-16(12)11-19(24-3)20(22)23/h4-11,21H,1-3H3,(H,22,23). The first-order chi connectivity index (χ1) is 11.5. The van der Waals surface area contributed by atoms with Crippen molar-refractivity contribution < 1.29 is 14.6 Å². The lowest BCUT2D eigenvalue weighted by Gasteiger charge is -2.11. The van der Waals surface area contributed by atoms with E-state index in [9.17, 15) is 4.79 Å². The van der Waals surface area contributed by atoms with Gasteiger partial charge in [-0.15, -0.1) is 0 Å². The van der Waals surface area contributed by atoms with Gasteiger partial charge in [-0.25, -0.2) is 4.79 Å². The third-order valence-electron chi connectivity index (χ3n) is 4.19. The highest BCUT2D eigenvalue weighted by molar-refractivity contribution is 5.91. The molecule has 0 unspecified atom stereocenters. The normalized spacial score (nSPS) is 11.7. The third kappa shape index (κ3) is 2.91. The van der Waals surface area contributed by atoms with Gasteiger partial charge in [0.05, 0.1) is 7.11 Å². The predicted octanol–water partition coefficient (Wildman–Crippen LogP) is 4.52. The monoisotopic (exact) mass is 321 g/mol. The number of aliphatic carboxylic acids is 1. The van der Waals surface area contributed by atoms with Crippen LogP contribution in [0.15, 0.2) is 48.4 Å². The first-order valence-electron chi connectivity index (χ1n) is 7.67. The van der Waals surface area contributed by atoms with Crippen molar-refractivity contribution in [3.63, 3.8) is 0 Å². The Kier molecular flexibility index (Phi) is 4.13. The summed E-state index contributed by atoms with van der Waals surface area (Å²) in [5.41, 5.74) is 6.32. The maximum absolute atomic E-state index is 11.1. The van der Waals surface area contributed by atoms with Crippen molar-refractivity contribution in [1.29, 1.82) is 0 Å². The summed E-state index contributed by atoms with van der Waals surface area (Å²) >= 11 is 0. The number of benzene rings is 2. The molecule has 0 aliphatic carbocycles. The van der Waals surface area contributed by atoms with Crippen LogP contribution >= 0.6 is 0 Å². The zero-order chi connectivity index (χ0) is 17.3. The molecule has 0 fully saturated rings. The van der Waals surface area contributed by atoms with Gasteiger partial charge in [-0.2, -0.15) is 0 Å². The molecule has 0 aliphatic heterocycles. The van der Waals surface area contributed by atoms with Gasteiger partial charge in [-0.05, 0) is 71.3 Å². The number of carboxylic acids is 1. The molecule has 0 amide bonds. The number of carbonyl (C=O) groups is 1. The molecule has 0 atom stereocenters. The van der Waals surface area contributed by atoms with Crippen molar-refractivity contribution in [1.82, 2.24) is 4.98 Å². The van der Waals surface area contributed by atoms with Crippen LogP contribution in [0.25, 0.3) is 28.1 Å². The summed E-state index contributed by atoms with van der Waals surface area (Å²) in [6, 6.07) is 12.4. The van der Waals surface area contributed by atoms with Crippen LogP contribution in [0.3, 0.4) is 0 Å². The molecule has 0 aliphatic rings. The Morgan fingerprint density at radius 2 is 1.92 bits per heavy atom. The van der Waals surface area contributed by atoms with Gasteiger partial charge in [0.2, 0.25) is 5.76 Å². The molecule has 0 saturated heterocycles. The van der Waals surface area contributed by atoms with Gasteiger partial charge in [-0.1, -0.05) is 18.2 Å². The third-order valence-corrected chi connectivity index (χ3v) is 4.19. The minimum absolute atomic E-state index is 0.0704. The van der Waals surface area contributed by atoms with Crippen LogP contribution in [0.5, 0.6) is 0 Å². The van der Waals surface area contributed by atoms with E-state index in [0.717, 1.165) is 33.3 Å². The molecule has 3 rings (SSSR count). The molecule has 2 N–H and O–H groups in total. The molecule has 1 heterocycles. The Bertz CT molecular complexity index is 951. The van der Waals surface area contributed by atoms with Gasteiger partial charge in [0.15, 0.2) is 0 Å². The summed E-state index contributed by atoms with van der Waals surface area (Å²) in [6.07, 6.45) is 3.49. The maximum atomic E-state index is 11.1. The quantitative estimate of drug-likeness (QED) is 0.548. The Labute approximate surface area is 140 Å². The zero-order valence-electron chi connectivity index (χ0n) is 13.9. The highest BCUT2D eigenvalue weighted by atomic mass is 16.5. The van der Waals surface area contributed by atoms with Crippen LogP contribution in [0, 0.1) is 13.8 Å². The number of ether oxygens (including phenoxy) is 1. The van der Waals surface area contributed by atoms with E-state index in [1.165, 1.54) is 12.5 Å². The summed E-state index contributed by atoms with van der Waals surface area (Å²) in [5, 5.41) is 10.3. The first kappa shape index (κ1) is 15.9. The van der Waals surface area contributed by atoms with Gasteiger partial charge >= 0.3 is 5.97 Å². The molecule has 24 heavy (non-hydrogen) atoms. The van der Waals surface area contributed by atoms with Crippen LogP contribution in [0.2, 0.25) is 0 Å². The number of nitrogens with one attached hydrogen (secondary N) is 1. The Morgan fingerprint density at radius 3 is 2.62 bits per heavy atom. The summed E-state index contributed by atoms with van der Waals surface area (Å²) in [4.78, 5) is 14.3. The van der Waals surface area contributed by atoms with E-state index < -0.39 is 5.97 Å². The molecular formula is C20H19NO3. The van der Waals surface area contributed by atoms with E-state index in [4.69, 9.17) is 9.84 Å². The van der Waals surface area contributed by atoms with E-state index in [-0.39, 0.29) is 5.76 Å². The van der Waals surface area contributed by atoms with Crippen molar-refractivity contribution >= 4 is 22.9 Å². The van der Waals surface area contributed by atoms with Gasteiger partial charge in [-0.3, -0.25) is 0 Å². The van der Waals surface area contributed by atoms with E-state index >= 15 is 0 Å². The zero-order valence-corrected chi connectivity index (χ0v) is 13.9. The molecule has 0 bridgehead atoms. The molecule has 0 saturated carbocycles. The number of aromatic amines is 1. The van der Waals surface area contributed by atoms with E-state index in [1.807, 2.05) is 26.1 Å². The molecule has 3 aromatic rings. The average molecular weight is 321 g/mol. The minimum Gasteiger partial charge on any atom is -0.490 e. The summed E-state index contributed by atoms with van der Waals surface area (Å²) in [6.45, 7) is 4.00. The number of carboxylic acid groups (broad SMARTS) is 1. The molecule has 0 spiro atoms. The highest BCUT2D eigenvalue weighted by Gasteiger charge is 2.11. The van der Waals surface area contributed by atoms with Crippen molar-refractivity contribution in [2.45, 2.75) is 13.8 Å². The summed E-state index contributed by atoms with van der Waals surface area (Å²) in [5.74, 6) is -1.14. The summed E-state index contributed by atoms with van der Waals surface area (Å²) < 4.78 is 4.92. The fourth-order valence-corrected chi connectivity index (χ4v) is 2.88. The smallest absolute Gasteiger partial charge is 0.371 e. The largest absolute Gasteiger partial charge is 0.490 e. The second-order valence-corrected chi connectivity index (χ2v) is 5.82. The molecule has 122 valence electrons. The van der Waals surface area contributed by atoms with Crippen LogP contribution < -0.4 is 0 Å². The number of fused-ring (bicyclic) bond motifs is 1. The van der Waals surface area contributed by atoms with E-state index in [2.05, 4.69) is 35.3 Å². The fraction of sp³-hybridized carbons (Fsp3) is 0.150. The summed E-state index contributed by atoms with van der Waals surface area (Å²) in [7, 11) is 1.36. The number of rotatable bonds is 4. The van der Waals surface area contributed by atoms with Gasteiger partial charge < -0.3 is 14.8 Å². The second-order valence-electron chi connectivity index (χ2n) is 5.82. The topological polar surface area (TPSA) is 62.3 Å². The molecule has 1 aromatic heterocycles. The van der Waals surface area contributed by atoms with E-state index in [0.29, 0.717) is 0 Å². The number of aromatic nitrogens is 1. The van der Waals surface area contributed by atoms with Crippen LogP contribution in [-0.2, 0) is 9.53 Å². The van der Waals surface area contributed by atoms with Gasteiger partial charge in [0.25, 0.3) is 0 Å². The molecule has 2 aromatic carbocycles. The first-order valence-corrected chi connectivity index (χ1v) is 7.67. The lowest BCUT2D eigenvalue weighted by Crippen LogP contribution is -2.02. The van der Waals surface area contributed by atoms with Crippen molar-refractivity contribution in [2.75, 3.05) is 7.11 Å². The average Bonchev–Trinajstić information content (AvgIpc) is 3.02. The lowest BCUT2D eigenvalue weighted by molar-refractivity contribution is -0.135. The molecule has 4 heteroatoms. The number of H-pyrrole nitrogens is 1. The minimum atomic E-state index is -1.07. The van der Waals surface area contributed by atoms with Crippen molar-refractivity contribution in [3.05, 3.63) is 65.0 Å². The maximum Gasteiger partial charge on any atom is 0.371 e. The second kappa shape index (κ2) is 6.24. The van der Waals surface area contributed by atoms with Gasteiger partial charge in [0, 0.05) is 11.7 Å². The lowest BCUT2D eigenvalue weighted by atomic mass is 9.94. The molecule has 0 radical (unpaired) electrons. The SMILES string of the molecule is COC(=Cc1cc(C)c(-c2ccc3[nH]ccc3c2)cc1C)C(=O)O. The number of methoxy groups -OCH3 is 1. The molecule has 4 nitrogen and oxygen atoms in total. The number of aryl methyl sites for hydroxylation is 2. The Morgan fingerprint density at radius 1 is 1.12 bits per heavy atom. The van der Waals surface area contributed by atoms with Crippen LogP contribution in [0.4, 0.5) is 0 Å². The Balaban J connectivity index is 2.08. The fourth-order valence-electron chi connectivity index (χ4n) is 2.88. The van der Waals surface area contributed by atoms with Crippen LogP contribution in [-0.4, -0.2) is 23.2 Å². The van der Waals surface area contributed by atoms with Crippen molar-refractivity contribution in [3.8, 4) is 11.1 Å². The van der Waals surface area contributed by atoms with Crippen LogP contribution in [0.1, 0.15) is 16.7 Å². The van der Waals surface area contributed by atoms with Crippen molar-refractivity contribution in [2.24, 2.45) is 0 Å². The number of hydrogen-bond acceptors (Lipinski definition) is 2. The molecular weight excluding hydrogens is 302 g/mol. The number of hydrogen-bond donors (Lipinski definition) is 2. The highest BCUT2D eigenvalue weighted by Crippen LogP contribution is 2.30. The Hall–Kier alpha value is -3.01. The van der Waals surface area contributed by atoms with E-state index in [1.54, 1.807) is 6.08 Å².